The summed E-state index contributed by atoms with van der Waals surface area (Å²) in [6, 6.07) is 24.2. The van der Waals surface area contributed by atoms with Crippen molar-refractivity contribution >= 4 is 51.1 Å². The largest absolute Gasteiger partial charge is 0.368 e. The number of urea groups is 1. The number of nitrogens with one attached hydrogen (secondary N) is 1. The Morgan fingerprint density at radius 1 is 0.743 bits per heavy atom. The SMILES string of the molecule is O=C(Nc1ccc2nc(-c3cccs3)c(-c3cccs3)nc2c1)N1CCN(c2ccccc2)CC1. The summed E-state index contributed by atoms with van der Waals surface area (Å²) in [7, 11) is 0. The fourth-order valence-electron chi connectivity index (χ4n) is 4.31. The van der Waals surface area contributed by atoms with Crippen molar-refractivity contribution in [2.24, 2.45) is 0 Å². The Balaban J connectivity index is 1.22. The number of rotatable bonds is 4. The number of carbonyl (C=O) groups is 1. The van der Waals surface area contributed by atoms with Crippen molar-refractivity contribution in [1.82, 2.24) is 14.9 Å². The number of anilines is 2. The number of hydrogen-bond donors (Lipinski definition) is 1. The van der Waals surface area contributed by atoms with E-state index in [9.17, 15) is 4.79 Å². The summed E-state index contributed by atoms with van der Waals surface area (Å²) in [5.74, 6) is 0. The molecule has 0 bridgehead atoms. The molecule has 1 fully saturated rings. The van der Waals surface area contributed by atoms with Gasteiger partial charge in [0.15, 0.2) is 0 Å². The molecule has 1 aliphatic rings. The second kappa shape index (κ2) is 9.48. The maximum atomic E-state index is 13.0. The predicted molar refractivity (Wildman–Crippen MR) is 145 cm³/mol. The van der Waals surface area contributed by atoms with Gasteiger partial charge >= 0.3 is 6.03 Å². The molecule has 6 rings (SSSR count). The fourth-order valence-corrected chi connectivity index (χ4v) is 5.74. The van der Waals surface area contributed by atoms with Crippen LogP contribution < -0.4 is 10.2 Å². The van der Waals surface area contributed by atoms with E-state index < -0.39 is 0 Å². The summed E-state index contributed by atoms with van der Waals surface area (Å²) in [4.78, 5) is 29.2. The monoisotopic (exact) mass is 497 g/mol. The fraction of sp³-hybridized carbons (Fsp3) is 0.148. The first-order valence-corrected chi connectivity index (χ1v) is 13.3. The Morgan fingerprint density at radius 3 is 2.03 bits per heavy atom. The summed E-state index contributed by atoms with van der Waals surface area (Å²) < 4.78 is 0. The molecule has 1 saturated heterocycles. The Kier molecular flexibility index (Phi) is 5.89. The minimum atomic E-state index is -0.0845. The van der Waals surface area contributed by atoms with Crippen LogP contribution >= 0.6 is 22.7 Å². The molecule has 35 heavy (non-hydrogen) atoms. The first-order chi connectivity index (χ1) is 17.2. The Bertz CT molecular complexity index is 1440. The van der Waals surface area contributed by atoms with Crippen LogP contribution in [-0.2, 0) is 0 Å². The normalized spacial score (nSPS) is 13.8. The minimum absolute atomic E-state index is 0.0845. The number of para-hydroxylation sites is 1. The number of hydrogen-bond acceptors (Lipinski definition) is 6. The van der Waals surface area contributed by atoms with Crippen LogP contribution in [0.25, 0.3) is 32.2 Å². The van der Waals surface area contributed by atoms with E-state index in [0.717, 1.165) is 51.0 Å². The van der Waals surface area contributed by atoms with Gasteiger partial charge in [-0.1, -0.05) is 30.3 Å². The lowest BCUT2D eigenvalue weighted by Crippen LogP contribution is -2.50. The van der Waals surface area contributed by atoms with Crippen molar-refractivity contribution in [3.05, 3.63) is 83.6 Å². The molecule has 5 aromatic rings. The first-order valence-electron chi connectivity index (χ1n) is 11.5. The highest BCUT2D eigenvalue weighted by Gasteiger charge is 2.22. The van der Waals surface area contributed by atoms with Crippen molar-refractivity contribution in [2.45, 2.75) is 0 Å². The van der Waals surface area contributed by atoms with Crippen LogP contribution in [0.3, 0.4) is 0 Å². The molecule has 2 aromatic carbocycles. The molecule has 0 aliphatic carbocycles. The van der Waals surface area contributed by atoms with Gasteiger partial charge in [0.1, 0.15) is 11.4 Å². The number of amides is 2. The topological polar surface area (TPSA) is 61.4 Å². The van der Waals surface area contributed by atoms with Gasteiger partial charge in [0, 0.05) is 37.6 Å². The highest BCUT2D eigenvalue weighted by atomic mass is 32.1. The van der Waals surface area contributed by atoms with Crippen LogP contribution in [0.4, 0.5) is 16.2 Å². The van der Waals surface area contributed by atoms with Crippen molar-refractivity contribution in [3.8, 4) is 21.1 Å². The van der Waals surface area contributed by atoms with Gasteiger partial charge in [-0.25, -0.2) is 14.8 Å². The zero-order valence-corrected chi connectivity index (χ0v) is 20.6. The molecule has 6 nitrogen and oxygen atoms in total. The zero-order valence-electron chi connectivity index (χ0n) is 18.9. The number of aromatic nitrogens is 2. The van der Waals surface area contributed by atoms with Gasteiger partial charge in [0.05, 0.1) is 20.8 Å². The number of thiophene rings is 2. The van der Waals surface area contributed by atoms with Gasteiger partial charge in [-0.2, -0.15) is 0 Å². The number of nitrogens with zero attached hydrogens (tertiary/aromatic N) is 4. The van der Waals surface area contributed by atoms with E-state index in [1.807, 2.05) is 58.8 Å². The highest BCUT2D eigenvalue weighted by molar-refractivity contribution is 7.14. The van der Waals surface area contributed by atoms with Crippen LogP contribution in [0, 0.1) is 0 Å². The summed E-state index contributed by atoms with van der Waals surface area (Å²) in [6.45, 7) is 2.99. The second-order valence-corrected chi connectivity index (χ2v) is 10.2. The van der Waals surface area contributed by atoms with Crippen LogP contribution in [0.5, 0.6) is 0 Å². The average molecular weight is 498 g/mol. The Morgan fingerprint density at radius 2 is 1.40 bits per heavy atom. The van der Waals surface area contributed by atoms with Gasteiger partial charge in [-0.15, -0.1) is 22.7 Å². The third-order valence-electron chi connectivity index (χ3n) is 6.11. The molecule has 2 amide bonds. The van der Waals surface area contributed by atoms with Crippen LogP contribution in [0.1, 0.15) is 0 Å². The number of carbonyl (C=O) groups excluding carboxylic acids is 1. The van der Waals surface area contributed by atoms with E-state index in [1.165, 1.54) is 5.69 Å². The molecule has 0 saturated carbocycles. The molecule has 3 aromatic heterocycles. The predicted octanol–water partition coefficient (Wildman–Crippen LogP) is 6.44. The third kappa shape index (κ3) is 4.50. The van der Waals surface area contributed by atoms with Gasteiger partial charge in [-0.3, -0.25) is 0 Å². The van der Waals surface area contributed by atoms with Gasteiger partial charge in [-0.05, 0) is 53.2 Å². The van der Waals surface area contributed by atoms with Crippen molar-refractivity contribution < 1.29 is 4.79 Å². The molecule has 174 valence electrons. The van der Waals surface area contributed by atoms with Crippen molar-refractivity contribution in [1.29, 1.82) is 0 Å². The van der Waals surface area contributed by atoms with Crippen molar-refractivity contribution in [3.63, 3.8) is 0 Å². The molecule has 0 spiro atoms. The van der Waals surface area contributed by atoms with Crippen molar-refractivity contribution in [2.75, 3.05) is 36.4 Å². The molecule has 0 unspecified atom stereocenters. The molecule has 1 N–H and O–H groups in total. The molecule has 0 atom stereocenters. The van der Waals surface area contributed by atoms with E-state index in [0.29, 0.717) is 13.1 Å². The summed E-state index contributed by atoms with van der Waals surface area (Å²) in [5, 5.41) is 7.16. The van der Waals surface area contributed by atoms with Crippen LogP contribution in [0.15, 0.2) is 83.6 Å². The van der Waals surface area contributed by atoms with E-state index in [2.05, 4.69) is 39.9 Å². The second-order valence-electron chi connectivity index (χ2n) is 8.32. The number of piperazine rings is 1. The number of benzene rings is 2. The quantitative estimate of drug-likeness (QED) is 0.310. The smallest absolute Gasteiger partial charge is 0.321 e. The molecule has 1 aliphatic heterocycles. The first kappa shape index (κ1) is 21.8. The molecular formula is C27H23N5OS2. The summed E-state index contributed by atoms with van der Waals surface area (Å²) >= 11 is 3.31. The minimum Gasteiger partial charge on any atom is -0.368 e. The summed E-state index contributed by atoms with van der Waals surface area (Å²) in [5.41, 5.74) is 5.26. The molecule has 0 radical (unpaired) electrons. The van der Waals surface area contributed by atoms with Gasteiger partial charge < -0.3 is 15.1 Å². The summed E-state index contributed by atoms with van der Waals surface area (Å²) in [6.07, 6.45) is 0. The van der Waals surface area contributed by atoms with E-state index >= 15 is 0 Å². The average Bonchev–Trinajstić information content (AvgIpc) is 3.63. The van der Waals surface area contributed by atoms with Crippen LogP contribution in [0.2, 0.25) is 0 Å². The lowest BCUT2D eigenvalue weighted by atomic mass is 10.2. The number of fused-ring (bicyclic) bond motifs is 1. The maximum absolute atomic E-state index is 13.0. The standard InChI is InChI=1S/C27H23N5OS2/c33-27(32-14-12-31(13-15-32)20-6-2-1-3-7-20)28-19-10-11-21-22(18-19)30-26(24-9-5-17-35-24)25(29-21)23-8-4-16-34-23/h1-11,16-18H,12-15H2,(H,28,33). The lowest BCUT2D eigenvalue weighted by Gasteiger charge is -2.36. The Labute approximate surface area is 211 Å². The van der Waals surface area contributed by atoms with Gasteiger partial charge in [0.25, 0.3) is 0 Å². The third-order valence-corrected chi connectivity index (χ3v) is 7.87. The maximum Gasteiger partial charge on any atom is 0.321 e. The highest BCUT2D eigenvalue weighted by Crippen LogP contribution is 2.35. The molecule has 8 heteroatoms. The lowest BCUT2D eigenvalue weighted by molar-refractivity contribution is 0.208. The Hall–Kier alpha value is -3.75. The molecule has 4 heterocycles. The van der Waals surface area contributed by atoms with Crippen LogP contribution in [-0.4, -0.2) is 47.1 Å². The zero-order chi connectivity index (χ0) is 23.6. The van der Waals surface area contributed by atoms with Gasteiger partial charge in [0.2, 0.25) is 0 Å². The van der Waals surface area contributed by atoms with E-state index in [4.69, 9.17) is 9.97 Å². The molecular weight excluding hydrogens is 474 g/mol. The van der Waals surface area contributed by atoms with E-state index in [-0.39, 0.29) is 6.03 Å². The van der Waals surface area contributed by atoms with E-state index in [1.54, 1.807) is 22.7 Å².